The van der Waals surface area contributed by atoms with Crippen molar-refractivity contribution in [3.05, 3.63) is 94.9 Å². The number of anilines is 1. The monoisotopic (exact) mass is 409 g/mol. The van der Waals surface area contributed by atoms with E-state index in [1.165, 1.54) is 10.5 Å². The fourth-order valence-corrected chi connectivity index (χ4v) is 3.71. The van der Waals surface area contributed by atoms with Gasteiger partial charge in [0.15, 0.2) is 0 Å². The second-order valence-corrected chi connectivity index (χ2v) is 7.27. The van der Waals surface area contributed by atoms with Gasteiger partial charge >= 0.3 is 0 Å². The first-order valence-electron chi connectivity index (χ1n) is 9.90. The molecule has 5 aromatic rings. The van der Waals surface area contributed by atoms with E-state index in [2.05, 4.69) is 10.3 Å². The van der Waals surface area contributed by atoms with Crippen LogP contribution in [0.2, 0.25) is 0 Å². The molecule has 0 aliphatic carbocycles. The third kappa shape index (κ3) is 3.36. The van der Waals surface area contributed by atoms with Crippen LogP contribution in [0.5, 0.6) is 0 Å². The molecule has 152 valence electrons. The van der Waals surface area contributed by atoms with E-state index in [1.807, 2.05) is 67.6 Å². The zero-order valence-electron chi connectivity index (χ0n) is 16.8. The maximum atomic E-state index is 13.0. The number of benzene rings is 2. The average Bonchev–Trinajstić information content (AvgIpc) is 3.10. The zero-order chi connectivity index (χ0) is 21.4. The lowest BCUT2D eigenvalue weighted by Crippen LogP contribution is -2.21. The molecular weight excluding hydrogens is 390 g/mol. The number of aromatic nitrogens is 4. The highest BCUT2D eigenvalue weighted by molar-refractivity contribution is 5.93. The fraction of sp³-hybridized carbons (Fsp3) is 0.0833. The molecule has 1 N–H and O–H groups in total. The number of aryl methyl sites for hydroxylation is 1. The van der Waals surface area contributed by atoms with Crippen LogP contribution in [0.4, 0.5) is 5.69 Å². The predicted molar refractivity (Wildman–Crippen MR) is 120 cm³/mol. The van der Waals surface area contributed by atoms with Crippen LogP contribution in [-0.4, -0.2) is 24.8 Å². The molecule has 0 aliphatic heterocycles. The first-order chi connectivity index (χ1) is 15.1. The van der Waals surface area contributed by atoms with E-state index in [-0.39, 0.29) is 18.0 Å². The van der Waals surface area contributed by atoms with Gasteiger partial charge in [0.1, 0.15) is 6.54 Å². The zero-order valence-corrected chi connectivity index (χ0v) is 16.8. The second-order valence-electron chi connectivity index (χ2n) is 7.27. The van der Waals surface area contributed by atoms with Gasteiger partial charge in [0.05, 0.1) is 22.4 Å². The Morgan fingerprint density at radius 1 is 0.935 bits per heavy atom. The smallest absolute Gasteiger partial charge is 0.260 e. The first kappa shape index (κ1) is 18.7. The van der Waals surface area contributed by atoms with Crippen molar-refractivity contribution < 1.29 is 4.79 Å². The van der Waals surface area contributed by atoms with Gasteiger partial charge in [-0.05, 0) is 42.8 Å². The van der Waals surface area contributed by atoms with Crippen LogP contribution in [0.1, 0.15) is 5.56 Å². The number of pyridine rings is 1. The summed E-state index contributed by atoms with van der Waals surface area (Å²) in [5.74, 6) is 0.198. The van der Waals surface area contributed by atoms with Crippen LogP contribution in [0.3, 0.4) is 0 Å². The minimum atomic E-state index is -0.222. The lowest BCUT2D eigenvalue weighted by atomic mass is 10.2. The van der Waals surface area contributed by atoms with Crippen LogP contribution in [0.25, 0.3) is 28.2 Å². The van der Waals surface area contributed by atoms with Crippen molar-refractivity contribution >= 4 is 28.4 Å². The molecule has 3 aromatic heterocycles. The highest BCUT2D eigenvalue weighted by Crippen LogP contribution is 2.21. The number of para-hydroxylation sites is 3. The number of nitrogens with one attached hydrogen (secondary N) is 1. The van der Waals surface area contributed by atoms with E-state index in [9.17, 15) is 9.59 Å². The third-order valence-corrected chi connectivity index (χ3v) is 5.20. The summed E-state index contributed by atoms with van der Waals surface area (Å²) in [5.41, 5.74) is 4.03. The molecule has 0 bridgehead atoms. The Kier molecular flexibility index (Phi) is 4.55. The maximum Gasteiger partial charge on any atom is 0.260 e. The second kappa shape index (κ2) is 7.53. The molecule has 0 saturated heterocycles. The molecule has 2 aromatic carbocycles. The minimum Gasteiger partial charge on any atom is -0.324 e. The Labute approximate surface area is 177 Å². The highest BCUT2D eigenvalue weighted by Gasteiger charge is 2.17. The van der Waals surface area contributed by atoms with E-state index in [0.717, 1.165) is 16.8 Å². The number of amides is 1. The topological polar surface area (TPSA) is 81.3 Å². The standard InChI is InChI=1S/C24H19N5O2/c1-16-8-2-3-9-17(16)26-22(30)15-28-20-11-4-5-12-21(20)29-23(31)14-19(27-24(28)29)18-10-6-7-13-25-18/h2-14H,15H2,1H3,(H,26,30). The molecule has 1 amide bonds. The molecule has 7 heteroatoms. The number of carbonyl (C=O) groups is 1. The van der Waals surface area contributed by atoms with Crippen molar-refractivity contribution in [3.63, 3.8) is 0 Å². The van der Waals surface area contributed by atoms with Gasteiger partial charge in [0.2, 0.25) is 11.7 Å². The summed E-state index contributed by atoms with van der Waals surface area (Å²) in [5, 5.41) is 2.95. The van der Waals surface area contributed by atoms with Gasteiger partial charge < -0.3 is 9.88 Å². The van der Waals surface area contributed by atoms with E-state index in [0.29, 0.717) is 22.7 Å². The normalized spacial score (nSPS) is 11.1. The summed E-state index contributed by atoms with van der Waals surface area (Å²) in [6.07, 6.45) is 1.66. The summed E-state index contributed by atoms with van der Waals surface area (Å²) in [6.45, 7) is 1.96. The summed E-state index contributed by atoms with van der Waals surface area (Å²) in [4.78, 5) is 34.9. The van der Waals surface area contributed by atoms with Crippen molar-refractivity contribution in [2.24, 2.45) is 0 Å². The van der Waals surface area contributed by atoms with E-state index in [1.54, 1.807) is 16.8 Å². The Hall–Kier alpha value is -4.26. The molecular formula is C24H19N5O2. The largest absolute Gasteiger partial charge is 0.324 e. The van der Waals surface area contributed by atoms with Crippen molar-refractivity contribution in [1.82, 2.24) is 18.9 Å². The van der Waals surface area contributed by atoms with Gasteiger partial charge in [-0.15, -0.1) is 0 Å². The SMILES string of the molecule is Cc1ccccc1NC(=O)Cn1c2ccccc2n2c(=O)cc(-c3ccccn3)nc12. The molecule has 0 spiro atoms. The van der Waals surface area contributed by atoms with Gasteiger partial charge in [0, 0.05) is 18.0 Å². The molecule has 7 nitrogen and oxygen atoms in total. The first-order valence-corrected chi connectivity index (χ1v) is 9.90. The average molecular weight is 409 g/mol. The number of nitrogens with zero attached hydrogens (tertiary/aromatic N) is 4. The molecule has 5 rings (SSSR count). The Bertz CT molecular complexity index is 1480. The summed E-state index contributed by atoms with van der Waals surface area (Å²) in [7, 11) is 0. The number of carbonyl (C=O) groups excluding carboxylic acids is 1. The third-order valence-electron chi connectivity index (χ3n) is 5.20. The number of rotatable bonds is 4. The Morgan fingerprint density at radius 2 is 1.68 bits per heavy atom. The van der Waals surface area contributed by atoms with Crippen LogP contribution in [0.15, 0.2) is 83.8 Å². The summed E-state index contributed by atoms with van der Waals surface area (Å²) < 4.78 is 3.29. The number of hydrogen-bond acceptors (Lipinski definition) is 4. The van der Waals surface area contributed by atoms with Crippen molar-refractivity contribution in [2.45, 2.75) is 13.5 Å². The summed E-state index contributed by atoms with van der Waals surface area (Å²) >= 11 is 0. The van der Waals surface area contributed by atoms with Gasteiger partial charge in [-0.1, -0.05) is 36.4 Å². The van der Waals surface area contributed by atoms with E-state index < -0.39 is 0 Å². The lowest BCUT2D eigenvalue weighted by Gasteiger charge is -2.10. The Balaban J connectivity index is 1.65. The van der Waals surface area contributed by atoms with Crippen molar-refractivity contribution in [2.75, 3.05) is 5.32 Å². The molecule has 3 heterocycles. The van der Waals surface area contributed by atoms with Gasteiger partial charge in [-0.25, -0.2) is 9.38 Å². The van der Waals surface area contributed by atoms with Gasteiger partial charge in [0.25, 0.3) is 5.56 Å². The molecule has 0 fully saturated rings. The number of fused-ring (bicyclic) bond motifs is 3. The number of imidazole rings is 1. The fourth-order valence-electron chi connectivity index (χ4n) is 3.71. The maximum absolute atomic E-state index is 13.0. The lowest BCUT2D eigenvalue weighted by molar-refractivity contribution is -0.116. The van der Waals surface area contributed by atoms with Crippen LogP contribution in [-0.2, 0) is 11.3 Å². The molecule has 0 saturated carbocycles. The highest BCUT2D eigenvalue weighted by atomic mass is 16.2. The molecule has 0 radical (unpaired) electrons. The van der Waals surface area contributed by atoms with E-state index in [4.69, 9.17) is 4.98 Å². The van der Waals surface area contributed by atoms with Crippen molar-refractivity contribution in [3.8, 4) is 11.4 Å². The minimum absolute atomic E-state index is 0.0173. The van der Waals surface area contributed by atoms with E-state index >= 15 is 0 Å². The van der Waals surface area contributed by atoms with Crippen LogP contribution >= 0.6 is 0 Å². The van der Waals surface area contributed by atoms with Crippen LogP contribution in [0, 0.1) is 6.92 Å². The quantitative estimate of drug-likeness (QED) is 0.491. The van der Waals surface area contributed by atoms with Gasteiger partial charge in [-0.2, -0.15) is 0 Å². The predicted octanol–water partition coefficient (Wildman–Crippen LogP) is 3.66. The van der Waals surface area contributed by atoms with Crippen LogP contribution < -0.4 is 10.9 Å². The van der Waals surface area contributed by atoms with Gasteiger partial charge in [-0.3, -0.25) is 14.6 Å². The summed E-state index contributed by atoms with van der Waals surface area (Å²) in [6, 6.07) is 22.0. The molecule has 0 atom stereocenters. The van der Waals surface area contributed by atoms with Crippen molar-refractivity contribution in [1.29, 1.82) is 0 Å². The molecule has 0 unspecified atom stereocenters. The molecule has 31 heavy (non-hydrogen) atoms. The molecule has 0 aliphatic rings. The number of hydrogen-bond donors (Lipinski definition) is 1. The Morgan fingerprint density at radius 3 is 2.45 bits per heavy atom.